The van der Waals surface area contributed by atoms with E-state index in [1.54, 1.807) is 0 Å². The Morgan fingerprint density at radius 3 is 1.84 bits per heavy atom. The number of hydrogen-bond donors (Lipinski definition) is 2. The summed E-state index contributed by atoms with van der Waals surface area (Å²) in [6.07, 6.45) is 0.678. The number of carbonyl (C=O) groups is 1. The largest absolute Gasteiger partial charge is 0.481 e. The number of aliphatic carboxylic acids is 1. The van der Waals surface area contributed by atoms with Crippen LogP contribution in [0, 0.1) is 5.92 Å². The molecule has 0 aromatic heterocycles. The van der Waals surface area contributed by atoms with Crippen molar-refractivity contribution >= 4 is 16.9 Å². The second-order valence-corrected chi connectivity index (χ2v) is 12.5. The number of hydrogen-bond acceptors (Lipinski definition) is 1. The third kappa shape index (κ3) is 3.77. The summed E-state index contributed by atoms with van der Waals surface area (Å²) in [6.45, 7) is 0. The van der Waals surface area contributed by atoms with E-state index in [1.165, 1.54) is 42.5 Å². The lowest BCUT2D eigenvalue weighted by Crippen LogP contribution is -2.36. The van der Waals surface area contributed by atoms with Crippen LogP contribution in [-0.4, -0.2) is 11.1 Å². The summed E-state index contributed by atoms with van der Waals surface area (Å²) < 4.78 is 0. The fourth-order valence-electron chi connectivity index (χ4n) is 6.53. The van der Waals surface area contributed by atoms with Gasteiger partial charge >= 0.3 is 5.97 Å². The van der Waals surface area contributed by atoms with Gasteiger partial charge in [0.2, 0.25) is 0 Å². The number of thiol groups is 1. The Morgan fingerprint density at radius 1 is 0.579 bits per heavy atom. The molecule has 0 amide bonds. The number of benzene rings is 5. The molecule has 0 fully saturated rings. The lowest BCUT2D eigenvalue weighted by molar-refractivity contribution is -0.143. The molecular weight excluding hydrogens is 484 g/mol. The molecule has 3 heteroatoms. The van der Waals surface area contributed by atoms with E-state index < -0.39 is 16.9 Å². The highest BCUT2D eigenvalue weighted by Crippen LogP contribution is 2.56. The van der Waals surface area contributed by atoms with E-state index in [0.29, 0.717) is 6.42 Å². The first kappa shape index (κ1) is 23.1. The maximum absolute atomic E-state index is 12.3. The van der Waals surface area contributed by atoms with Crippen LogP contribution in [0.1, 0.15) is 40.5 Å². The Morgan fingerprint density at radius 2 is 1.16 bits per heavy atom. The van der Waals surface area contributed by atoms with Crippen molar-refractivity contribution in [2.45, 2.75) is 32.9 Å². The summed E-state index contributed by atoms with van der Waals surface area (Å²) >= 11 is 0. The van der Waals surface area contributed by atoms with E-state index >= 15 is 0 Å². The summed E-state index contributed by atoms with van der Waals surface area (Å²) in [5.74, 6) is -1.02. The highest BCUT2D eigenvalue weighted by Gasteiger charge is 2.46. The monoisotopic (exact) mass is 512 g/mol. The molecule has 3 aliphatic rings. The molecule has 3 atom stereocenters. The van der Waals surface area contributed by atoms with E-state index in [2.05, 4.69) is 121 Å². The Kier molecular flexibility index (Phi) is 5.67. The fraction of sp³-hybridized carbons (Fsp3) is 0.114. The molecule has 3 unspecified atom stereocenters. The molecule has 2 nitrogen and oxygen atoms in total. The van der Waals surface area contributed by atoms with Crippen LogP contribution in [-0.2, 0) is 4.79 Å². The molecule has 0 saturated heterocycles. The highest BCUT2D eigenvalue weighted by atomic mass is 32.2. The van der Waals surface area contributed by atoms with Crippen LogP contribution in [0.5, 0.6) is 0 Å². The van der Waals surface area contributed by atoms with Crippen LogP contribution in [0.15, 0.2) is 142 Å². The molecule has 38 heavy (non-hydrogen) atoms. The summed E-state index contributed by atoms with van der Waals surface area (Å²) in [5, 5.41) is 10.1. The van der Waals surface area contributed by atoms with Crippen LogP contribution >= 0.6 is 10.9 Å². The van der Waals surface area contributed by atoms with Crippen LogP contribution in [0.2, 0.25) is 0 Å². The Labute approximate surface area is 226 Å². The molecule has 0 spiro atoms. The van der Waals surface area contributed by atoms with Crippen molar-refractivity contribution in [1.29, 1.82) is 0 Å². The SMILES string of the molecule is O=C(O)C1CC2c3ccccc3C1c1cc(-c3cccc([SH](c4ccccc4)c4ccccc4)c3)ccc12. The molecule has 8 rings (SSSR count). The zero-order chi connectivity index (χ0) is 25.6. The first-order valence-corrected chi connectivity index (χ1v) is 14.5. The predicted molar refractivity (Wildman–Crippen MR) is 154 cm³/mol. The average Bonchev–Trinajstić information content (AvgIpc) is 2.98. The maximum Gasteiger partial charge on any atom is 0.307 e. The van der Waals surface area contributed by atoms with Gasteiger partial charge in [0, 0.05) is 11.8 Å². The minimum absolute atomic E-state index is 0.0995. The zero-order valence-electron chi connectivity index (χ0n) is 20.9. The second kappa shape index (κ2) is 9.34. The van der Waals surface area contributed by atoms with Gasteiger partial charge in [-0.1, -0.05) is 91.0 Å². The van der Waals surface area contributed by atoms with Crippen molar-refractivity contribution in [1.82, 2.24) is 0 Å². The van der Waals surface area contributed by atoms with Gasteiger partial charge in [-0.15, -0.1) is 0 Å². The summed E-state index contributed by atoms with van der Waals surface area (Å²) in [6, 6.07) is 45.6. The molecule has 0 heterocycles. The van der Waals surface area contributed by atoms with E-state index in [4.69, 9.17) is 0 Å². The first-order valence-electron chi connectivity index (χ1n) is 13.1. The zero-order valence-corrected chi connectivity index (χ0v) is 21.8. The van der Waals surface area contributed by atoms with Crippen LogP contribution in [0.3, 0.4) is 0 Å². The molecule has 186 valence electrons. The summed E-state index contributed by atoms with van der Waals surface area (Å²) in [4.78, 5) is 16.3. The summed E-state index contributed by atoms with van der Waals surface area (Å²) in [7, 11) is -0.695. The predicted octanol–water partition coefficient (Wildman–Crippen LogP) is 8.51. The smallest absolute Gasteiger partial charge is 0.307 e. The third-order valence-electron chi connectivity index (χ3n) is 8.18. The summed E-state index contributed by atoms with van der Waals surface area (Å²) in [5.41, 5.74) is 7.28. The van der Waals surface area contributed by atoms with Gasteiger partial charge in [-0.3, -0.25) is 4.79 Å². The molecular formula is C35H28O2S. The standard InChI is InChI=1S/C35H28O2S/c36-35(37)33-22-31-28-16-7-8-17-30(28)34(33)32-21-24(18-19-29(31)32)23-10-9-15-27(20-23)38(25-11-3-1-4-12-25)26-13-5-2-6-14-26/h1-21,31,33-34,38H,22H2,(H,36,37). The maximum atomic E-state index is 12.3. The molecule has 0 aliphatic heterocycles. The lowest BCUT2D eigenvalue weighted by Gasteiger charge is -2.44. The van der Waals surface area contributed by atoms with Crippen molar-refractivity contribution in [2.24, 2.45) is 5.92 Å². The quantitative estimate of drug-likeness (QED) is 0.232. The number of rotatable bonds is 5. The second-order valence-electron chi connectivity index (χ2n) is 10.2. The molecule has 3 aliphatic carbocycles. The molecule has 0 radical (unpaired) electrons. The highest BCUT2D eigenvalue weighted by molar-refractivity contribution is 8.17. The number of carboxylic acid groups (broad SMARTS) is 1. The van der Waals surface area contributed by atoms with Gasteiger partial charge in [-0.2, -0.15) is 10.9 Å². The van der Waals surface area contributed by atoms with Crippen molar-refractivity contribution in [3.05, 3.63) is 150 Å². The van der Waals surface area contributed by atoms with E-state index in [0.717, 1.165) is 5.56 Å². The van der Waals surface area contributed by atoms with Gasteiger partial charge in [0.1, 0.15) is 0 Å². The molecule has 5 aromatic rings. The molecule has 1 N–H and O–H groups in total. The van der Waals surface area contributed by atoms with Crippen molar-refractivity contribution in [3.8, 4) is 11.1 Å². The minimum atomic E-state index is -0.695. The Hall–Kier alpha value is -4.08. The first-order chi connectivity index (χ1) is 18.7. The minimum Gasteiger partial charge on any atom is -0.481 e. The van der Waals surface area contributed by atoms with Gasteiger partial charge < -0.3 is 5.11 Å². The van der Waals surface area contributed by atoms with Crippen LogP contribution in [0.25, 0.3) is 11.1 Å². The van der Waals surface area contributed by atoms with Gasteiger partial charge in [-0.25, -0.2) is 0 Å². The number of carboxylic acids is 1. The van der Waals surface area contributed by atoms with Crippen molar-refractivity contribution < 1.29 is 9.90 Å². The van der Waals surface area contributed by atoms with Crippen molar-refractivity contribution in [3.63, 3.8) is 0 Å². The van der Waals surface area contributed by atoms with E-state index in [-0.39, 0.29) is 17.8 Å². The fourth-order valence-corrected chi connectivity index (χ4v) is 8.87. The van der Waals surface area contributed by atoms with Crippen LogP contribution < -0.4 is 0 Å². The molecule has 0 saturated carbocycles. The van der Waals surface area contributed by atoms with Gasteiger partial charge in [-0.05, 0) is 90.9 Å². The van der Waals surface area contributed by atoms with Crippen LogP contribution in [0.4, 0.5) is 0 Å². The van der Waals surface area contributed by atoms with Gasteiger partial charge in [0.05, 0.1) is 5.92 Å². The van der Waals surface area contributed by atoms with Crippen molar-refractivity contribution in [2.75, 3.05) is 0 Å². The molecule has 2 bridgehead atoms. The topological polar surface area (TPSA) is 37.3 Å². The van der Waals surface area contributed by atoms with Gasteiger partial charge in [0.25, 0.3) is 0 Å². The van der Waals surface area contributed by atoms with E-state index in [9.17, 15) is 9.90 Å². The molecule has 5 aromatic carbocycles. The number of fused-ring (bicyclic) bond motifs is 1. The Bertz CT molecular complexity index is 1600. The van der Waals surface area contributed by atoms with Gasteiger partial charge in [0.15, 0.2) is 0 Å². The lowest BCUT2D eigenvalue weighted by atomic mass is 9.59. The van der Waals surface area contributed by atoms with E-state index in [1.807, 2.05) is 6.07 Å². The average molecular weight is 513 g/mol. The Balaban J connectivity index is 1.33. The normalized spacial score (nSPS) is 19.4. The third-order valence-corrected chi connectivity index (χ3v) is 10.6.